The molecule has 7 heteroatoms. The lowest BCUT2D eigenvalue weighted by Crippen LogP contribution is -2.33. The van der Waals surface area contributed by atoms with Crippen molar-refractivity contribution >= 4 is 5.69 Å². The normalized spacial score (nSPS) is 11.6. The fourth-order valence-electron chi connectivity index (χ4n) is 1.47. The van der Waals surface area contributed by atoms with Gasteiger partial charge in [-0.2, -0.15) is 0 Å². The highest BCUT2D eigenvalue weighted by atomic mass is 19.2. The molecular formula is C11H13F2NO4. The third-order valence-electron chi connectivity index (χ3n) is 2.73. The maximum absolute atomic E-state index is 13.6. The number of benzene rings is 1. The zero-order valence-electron chi connectivity index (χ0n) is 10.2. The van der Waals surface area contributed by atoms with Gasteiger partial charge in [0, 0.05) is 26.7 Å². The van der Waals surface area contributed by atoms with Gasteiger partial charge in [-0.1, -0.05) is 0 Å². The van der Waals surface area contributed by atoms with Gasteiger partial charge in [0.25, 0.3) is 5.69 Å². The predicted molar refractivity (Wildman–Crippen MR) is 59.1 cm³/mol. The zero-order valence-corrected chi connectivity index (χ0v) is 10.2. The molecule has 100 valence electrons. The first-order valence-electron chi connectivity index (χ1n) is 5.06. The van der Waals surface area contributed by atoms with Gasteiger partial charge in [-0.05, 0) is 13.0 Å². The number of ether oxygens (including phenoxy) is 2. The summed E-state index contributed by atoms with van der Waals surface area (Å²) in [5.41, 5.74) is -0.888. The summed E-state index contributed by atoms with van der Waals surface area (Å²) >= 11 is 0. The molecule has 0 saturated heterocycles. The molecule has 0 saturated carbocycles. The number of nitro groups is 1. The van der Waals surface area contributed by atoms with Gasteiger partial charge < -0.3 is 9.47 Å². The molecule has 0 unspecified atom stereocenters. The van der Waals surface area contributed by atoms with E-state index in [1.165, 1.54) is 21.1 Å². The van der Waals surface area contributed by atoms with E-state index >= 15 is 0 Å². The van der Waals surface area contributed by atoms with Crippen LogP contribution in [0.4, 0.5) is 14.5 Å². The lowest BCUT2D eigenvalue weighted by Gasteiger charge is -2.26. The molecule has 0 aliphatic rings. The van der Waals surface area contributed by atoms with E-state index in [2.05, 4.69) is 0 Å². The van der Waals surface area contributed by atoms with E-state index in [0.29, 0.717) is 6.07 Å². The molecule has 0 atom stereocenters. The Morgan fingerprint density at radius 1 is 1.33 bits per heavy atom. The molecule has 0 bridgehead atoms. The number of hydrogen-bond acceptors (Lipinski definition) is 4. The molecule has 1 rings (SSSR count). The SMILES string of the molecule is COC(C)(Cc1c([N+](=O)[O-])ccc(F)c1F)OC. The Bertz CT molecular complexity index is 461. The molecule has 0 N–H and O–H groups in total. The summed E-state index contributed by atoms with van der Waals surface area (Å²) in [4.78, 5) is 10.0. The van der Waals surface area contributed by atoms with Crippen molar-refractivity contribution in [2.24, 2.45) is 0 Å². The second kappa shape index (κ2) is 5.36. The summed E-state index contributed by atoms with van der Waals surface area (Å²) < 4.78 is 36.7. The van der Waals surface area contributed by atoms with Gasteiger partial charge >= 0.3 is 0 Å². The van der Waals surface area contributed by atoms with Crippen molar-refractivity contribution in [1.29, 1.82) is 0 Å². The first-order chi connectivity index (χ1) is 8.34. The summed E-state index contributed by atoms with van der Waals surface area (Å²) in [6, 6.07) is 1.63. The van der Waals surface area contributed by atoms with Crippen molar-refractivity contribution < 1.29 is 23.2 Å². The van der Waals surface area contributed by atoms with Crippen LogP contribution in [0.25, 0.3) is 0 Å². The minimum atomic E-state index is -1.26. The number of methoxy groups -OCH3 is 2. The van der Waals surface area contributed by atoms with Crippen LogP contribution in [0.5, 0.6) is 0 Å². The maximum atomic E-state index is 13.6. The van der Waals surface area contributed by atoms with E-state index in [1.807, 2.05) is 0 Å². The number of halogens is 2. The number of nitro benzene ring substituents is 1. The molecule has 1 aromatic carbocycles. The van der Waals surface area contributed by atoms with Crippen molar-refractivity contribution in [3.8, 4) is 0 Å². The molecule has 0 heterocycles. The summed E-state index contributed by atoms with van der Waals surface area (Å²) in [7, 11) is 2.62. The lowest BCUT2D eigenvalue weighted by molar-refractivity contribution is -0.386. The minimum Gasteiger partial charge on any atom is -0.353 e. The first kappa shape index (κ1) is 14.5. The van der Waals surface area contributed by atoms with E-state index in [9.17, 15) is 18.9 Å². The van der Waals surface area contributed by atoms with E-state index in [0.717, 1.165) is 6.07 Å². The first-order valence-corrected chi connectivity index (χ1v) is 5.06. The van der Waals surface area contributed by atoms with Crippen molar-refractivity contribution in [2.45, 2.75) is 19.1 Å². The average molecular weight is 261 g/mol. The van der Waals surface area contributed by atoms with Crippen molar-refractivity contribution in [3.05, 3.63) is 39.4 Å². The Balaban J connectivity index is 3.29. The van der Waals surface area contributed by atoms with Crippen LogP contribution in [0, 0.1) is 21.7 Å². The van der Waals surface area contributed by atoms with Crippen LogP contribution in [-0.4, -0.2) is 24.9 Å². The van der Waals surface area contributed by atoms with Crippen LogP contribution >= 0.6 is 0 Å². The molecule has 0 amide bonds. The molecular weight excluding hydrogens is 248 g/mol. The molecule has 0 aromatic heterocycles. The van der Waals surface area contributed by atoms with Crippen LogP contribution in [0.1, 0.15) is 12.5 Å². The zero-order chi connectivity index (χ0) is 13.9. The number of rotatable bonds is 5. The van der Waals surface area contributed by atoms with Gasteiger partial charge in [0.1, 0.15) is 0 Å². The standard InChI is InChI=1S/C11H13F2NO4/c1-11(17-2,18-3)6-7-9(14(15)16)5-4-8(12)10(7)13/h4-5H,6H2,1-3H3. The van der Waals surface area contributed by atoms with Crippen molar-refractivity contribution in [2.75, 3.05) is 14.2 Å². The van der Waals surface area contributed by atoms with Gasteiger partial charge in [0.2, 0.25) is 0 Å². The summed E-state index contributed by atoms with van der Waals surface area (Å²) in [5.74, 6) is -3.67. The second-order valence-electron chi connectivity index (χ2n) is 3.83. The topological polar surface area (TPSA) is 61.6 Å². The van der Waals surface area contributed by atoms with Crippen molar-refractivity contribution in [3.63, 3.8) is 0 Å². The molecule has 0 aliphatic carbocycles. The summed E-state index contributed by atoms with van der Waals surface area (Å²) in [5, 5.41) is 10.8. The van der Waals surface area contributed by atoms with Gasteiger partial charge in [0.15, 0.2) is 17.4 Å². The molecule has 1 aromatic rings. The van der Waals surface area contributed by atoms with Gasteiger partial charge in [-0.25, -0.2) is 8.78 Å². The molecule has 0 radical (unpaired) electrons. The average Bonchev–Trinajstić information content (AvgIpc) is 2.34. The smallest absolute Gasteiger partial charge is 0.275 e. The Hall–Kier alpha value is -1.60. The van der Waals surface area contributed by atoms with Gasteiger partial charge in [-0.3, -0.25) is 10.1 Å². The van der Waals surface area contributed by atoms with Crippen LogP contribution in [-0.2, 0) is 15.9 Å². The highest BCUT2D eigenvalue weighted by Crippen LogP contribution is 2.29. The van der Waals surface area contributed by atoms with E-state index < -0.39 is 28.0 Å². The highest BCUT2D eigenvalue weighted by Gasteiger charge is 2.31. The fraction of sp³-hybridized carbons (Fsp3) is 0.455. The number of hydrogen-bond donors (Lipinski definition) is 0. The minimum absolute atomic E-state index is 0.278. The van der Waals surface area contributed by atoms with E-state index in [1.54, 1.807) is 0 Å². The Labute approximate surface area is 102 Å². The second-order valence-corrected chi connectivity index (χ2v) is 3.83. The van der Waals surface area contributed by atoms with Crippen LogP contribution in [0.2, 0.25) is 0 Å². The van der Waals surface area contributed by atoms with Crippen LogP contribution < -0.4 is 0 Å². The third-order valence-corrected chi connectivity index (χ3v) is 2.73. The lowest BCUT2D eigenvalue weighted by atomic mass is 10.0. The van der Waals surface area contributed by atoms with Crippen molar-refractivity contribution in [1.82, 2.24) is 0 Å². The molecule has 5 nitrogen and oxygen atoms in total. The van der Waals surface area contributed by atoms with Gasteiger partial charge in [0.05, 0.1) is 10.5 Å². The quantitative estimate of drug-likeness (QED) is 0.464. The third kappa shape index (κ3) is 2.80. The summed E-state index contributed by atoms with van der Waals surface area (Å²) in [6.07, 6.45) is -0.278. The largest absolute Gasteiger partial charge is 0.353 e. The summed E-state index contributed by atoms with van der Waals surface area (Å²) in [6.45, 7) is 1.47. The molecule has 0 fully saturated rings. The van der Waals surface area contributed by atoms with Crippen LogP contribution in [0.3, 0.4) is 0 Å². The Kier molecular flexibility index (Phi) is 4.31. The number of nitrogens with zero attached hydrogens (tertiary/aromatic N) is 1. The predicted octanol–water partition coefficient (Wildman–Crippen LogP) is 2.42. The molecule has 0 spiro atoms. The Morgan fingerprint density at radius 3 is 2.33 bits per heavy atom. The highest BCUT2D eigenvalue weighted by molar-refractivity contribution is 5.42. The monoisotopic (exact) mass is 261 g/mol. The Morgan fingerprint density at radius 2 is 1.89 bits per heavy atom. The molecule has 18 heavy (non-hydrogen) atoms. The molecule has 0 aliphatic heterocycles. The maximum Gasteiger partial charge on any atom is 0.275 e. The van der Waals surface area contributed by atoms with E-state index in [-0.39, 0.29) is 12.0 Å². The fourth-order valence-corrected chi connectivity index (χ4v) is 1.47. The van der Waals surface area contributed by atoms with E-state index in [4.69, 9.17) is 9.47 Å². The van der Waals surface area contributed by atoms with Gasteiger partial charge in [-0.15, -0.1) is 0 Å². The van der Waals surface area contributed by atoms with Crippen LogP contribution in [0.15, 0.2) is 12.1 Å².